The molecular formula is C14H24N4O. The quantitative estimate of drug-likeness (QED) is 0.885. The topological polar surface area (TPSA) is 64.3 Å². The Kier molecular flexibility index (Phi) is 4.45. The lowest BCUT2D eigenvalue weighted by atomic mass is 10.2. The molecule has 5 heteroatoms. The number of rotatable bonds is 5. The second-order valence-corrected chi connectivity index (χ2v) is 5.31. The van der Waals surface area contributed by atoms with Crippen LogP contribution in [-0.2, 0) is 0 Å². The molecule has 1 aliphatic carbocycles. The van der Waals surface area contributed by atoms with Crippen LogP contribution in [0.2, 0.25) is 0 Å². The lowest BCUT2D eigenvalue weighted by Crippen LogP contribution is -2.34. The minimum Gasteiger partial charge on any atom is -0.473 e. The summed E-state index contributed by atoms with van der Waals surface area (Å²) in [5.41, 5.74) is 6.74. The second-order valence-electron chi connectivity index (χ2n) is 5.31. The molecule has 0 unspecified atom stereocenters. The molecule has 5 nitrogen and oxygen atoms in total. The van der Waals surface area contributed by atoms with Crippen molar-refractivity contribution in [1.29, 1.82) is 0 Å². The van der Waals surface area contributed by atoms with E-state index in [2.05, 4.69) is 21.8 Å². The average Bonchev–Trinajstić information content (AvgIpc) is 2.88. The molecule has 0 amide bonds. The molecule has 0 spiro atoms. The van der Waals surface area contributed by atoms with Crippen LogP contribution in [0.15, 0.2) is 6.33 Å². The summed E-state index contributed by atoms with van der Waals surface area (Å²) < 4.78 is 5.64. The largest absolute Gasteiger partial charge is 0.473 e. The summed E-state index contributed by atoms with van der Waals surface area (Å²) in [6, 6.07) is 0.550. The SMILES string of the molecule is CCN(c1ncnc(OC(C)C)c1N)C1CCCC1. The minimum absolute atomic E-state index is 0.0617. The van der Waals surface area contributed by atoms with Crippen molar-refractivity contribution in [3.8, 4) is 5.88 Å². The van der Waals surface area contributed by atoms with Crippen LogP contribution in [0.3, 0.4) is 0 Å². The maximum Gasteiger partial charge on any atom is 0.242 e. The van der Waals surface area contributed by atoms with E-state index in [0.717, 1.165) is 12.4 Å². The van der Waals surface area contributed by atoms with E-state index in [1.165, 1.54) is 25.7 Å². The molecule has 2 N–H and O–H groups in total. The number of nitrogen functional groups attached to an aromatic ring is 1. The normalized spacial score (nSPS) is 16.0. The van der Waals surface area contributed by atoms with Gasteiger partial charge in [0.15, 0.2) is 5.82 Å². The lowest BCUT2D eigenvalue weighted by Gasteiger charge is -2.30. The van der Waals surface area contributed by atoms with E-state index in [9.17, 15) is 0 Å². The molecule has 106 valence electrons. The summed E-state index contributed by atoms with van der Waals surface area (Å²) in [4.78, 5) is 10.8. The highest BCUT2D eigenvalue weighted by Crippen LogP contribution is 2.33. The molecule has 0 aromatic carbocycles. The van der Waals surface area contributed by atoms with E-state index in [4.69, 9.17) is 10.5 Å². The number of nitrogens with two attached hydrogens (primary N) is 1. The number of aromatic nitrogens is 2. The maximum atomic E-state index is 6.18. The Morgan fingerprint density at radius 2 is 2.05 bits per heavy atom. The fourth-order valence-corrected chi connectivity index (χ4v) is 2.71. The molecule has 1 aromatic rings. The molecular weight excluding hydrogens is 240 g/mol. The van der Waals surface area contributed by atoms with Crippen LogP contribution in [0.4, 0.5) is 11.5 Å². The summed E-state index contributed by atoms with van der Waals surface area (Å²) in [5, 5.41) is 0. The molecule has 0 aliphatic heterocycles. The van der Waals surface area contributed by atoms with Crippen LogP contribution in [0.5, 0.6) is 5.88 Å². The minimum atomic E-state index is 0.0617. The molecule has 0 atom stereocenters. The third-order valence-electron chi connectivity index (χ3n) is 3.55. The number of anilines is 2. The molecule has 1 heterocycles. The van der Waals surface area contributed by atoms with Gasteiger partial charge in [-0.15, -0.1) is 0 Å². The number of hydrogen-bond donors (Lipinski definition) is 1. The van der Waals surface area contributed by atoms with Crippen LogP contribution < -0.4 is 15.4 Å². The third kappa shape index (κ3) is 3.08. The van der Waals surface area contributed by atoms with Gasteiger partial charge in [0.05, 0.1) is 6.10 Å². The summed E-state index contributed by atoms with van der Waals surface area (Å²) in [7, 11) is 0. The summed E-state index contributed by atoms with van der Waals surface area (Å²) >= 11 is 0. The molecule has 19 heavy (non-hydrogen) atoms. The monoisotopic (exact) mass is 264 g/mol. The van der Waals surface area contributed by atoms with E-state index in [1.54, 1.807) is 6.33 Å². The van der Waals surface area contributed by atoms with Gasteiger partial charge in [0, 0.05) is 12.6 Å². The van der Waals surface area contributed by atoms with Crippen molar-refractivity contribution in [1.82, 2.24) is 9.97 Å². The van der Waals surface area contributed by atoms with Crippen LogP contribution in [0.25, 0.3) is 0 Å². The van der Waals surface area contributed by atoms with Gasteiger partial charge in [-0.05, 0) is 33.6 Å². The smallest absolute Gasteiger partial charge is 0.242 e. The second kappa shape index (κ2) is 6.08. The maximum absolute atomic E-state index is 6.18. The highest BCUT2D eigenvalue weighted by atomic mass is 16.5. The van der Waals surface area contributed by atoms with Crippen molar-refractivity contribution < 1.29 is 4.74 Å². The van der Waals surface area contributed by atoms with E-state index >= 15 is 0 Å². The predicted molar refractivity (Wildman–Crippen MR) is 77.5 cm³/mol. The first-order valence-electron chi connectivity index (χ1n) is 7.17. The van der Waals surface area contributed by atoms with Gasteiger partial charge in [-0.2, -0.15) is 4.98 Å². The Hall–Kier alpha value is -1.52. The number of nitrogens with zero attached hydrogens (tertiary/aromatic N) is 3. The Balaban J connectivity index is 2.26. The van der Waals surface area contributed by atoms with Crippen molar-refractivity contribution in [2.45, 2.75) is 58.6 Å². The Bertz CT molecular complexity index is 416. The van der Waals surface area contributed by atoms with E-state index < -0.39 is 0 Å². The fraction of sp³-hybridized carbons (Fsp3) is 0.714. The first-order valence-corrected chi connectivity index (χ1v) is 7.17. The van der Waals surface area contributed by atoms with E-state index in [1.807, 2.05) is 13.8 Å². The van der Waals surface area contributed by atoms with Gasteiger partial charge in [0.2, 0.25) is 5.88 Å². The van der Waals surface area contributed by atoms with Gasteiger partial charge in [-0.1, -0.05) is 12.8 Å². The summed E-state index contributed by atoms with van der Waals surface area (Å²) in [5.74, 6) is 1.32. The van der Waals surface area contributed by atoms with Crippen molar-refractivity contribution in [3.05, 3.63) is 6.33 Å². The van der Waals surface area contributed by atoms with Crippen molar-refractivity contribution in [2.75, 3.05) is 17.2 Å². The van der Waals surface area contributed by atoms with Crippen LogP contribution >= 0.6 is 0 Å². The first kappa shape index (κ1) is 13.9. The molecule has 2 rings (SSSR count). The molecule has 1 aromatic heterocycles. The molecule has 1 aliphatic rings. The Labute approximate surface area is 115 Å². The zero-order valence-corrected chi connectivity index (χ0v) is 12.1. The number of hydrogen-bond acceptors (Lipinski definition) is 5. The molecule has 0 saturated heterocycles. The molecule has 0 radical (unpaired) electrons. The van der Waals surface area contributed by atoms with Gasteiger partial charge >= 0.3 is 0 Å². The first-order chi connectivity index (χ1) is 9.13. The van der Waals surface area contributed by atoms with Gasteiger partial charge in [0.1, 0.15) is 12.0 Å². The summed E-state index contributed by atoms with van der Waals surface area (Å²) in [6.07, 6.45) is 6.63. The van der Waals surface area contributed by atoms with Gasteiger partial charge in [-0.25, -0.2) is 4.98 Å². The van der Waals surface area contributed by atoms with Gasteiger partial charge in [0.25, 0.3) is 0 Å². The Morgan fingerprint density at radius 3 is 2.63 bits per heavy atom. The van der Waals surface area contributed by atoms with Gasteiger partial charge < -0.3 is 15.4 Å². The van der Waals surface area contributed by atoms with E-state index in [0.29, 0.717) is 17.6 Å². The highest BCUT2D eigenvalue weighted by molar-refractivity contribution is 5.68. The average molecular weight is 264 g/mol. The van der Waals surface area contributed by atoms with Crippen molar-refractivity contribution >= 4 is 11.5 Å². The molecule has 0 bridgehead atoms. The standard InChI is InChI=1S/C14H24N4O/c1-4-18(11-7-5-6-8-11)13-12(15)14(17-9-16-13)19-10(2)3/h9-11H,4-8,15H2,1-3H3. The van der Waals surface area contributed by atoms with Crippen LogP contribution in [0.1, 0.15) is 46.5 Å². The van der Waals surface area contributed by atoms with Crippen LogP contribution in [0, 0.1) is 0 Å². The van der Waals surface area contributed by atoms with Crippen molar-refractivity contribution in [3.63, 3.8) is 0 Å². The van der Waals surface area contributed by atoms with Crippen LogP contribution in [-0.4, -0.2) is 28.7 Å². The fourth-order valence-electron chi connectivity index (χ4n) is 2.71. The zero-order chi connectivity index (χ0) is 13.8. The highest BCUT2D eigenvalue weighted by Gasteiger charge is 2.25. The zero-order valence-electron chi connectivity index (χ0n) is 12.1. The summed E-state index contributed by atoms with van der Waals surface area (Å²) in [6.45, 7) is 6.99. The lowest BCUT2D eigenvalue weighted by molar-refractivity contribution is 0.234. The third-order valence-corrected chi connectivity index (χ3v) is 3.55. The van der Waals surface area contributed by atoms with Crippen molar-refractivity contribution in [2.24, 2.45) is 0 Å². The molecule has 1 fully saturated rings. The predicted octanol–water partition coefficient (Wildman–Crippen LogP) is 2.61. The molecule has 1 saturated carbocycles. The van der Waals surface area contributed by atoms with E-state index in [-0.39, 0.29) is 6.10 Å². The van der Waals surface area contributed by atoms with Gasteiger partial charge in [-0.3, -0.25) is 0 Å². The number of ether oxygens (including phenoxy) is 1. The Morgan fingerprint density at radius 1 is 1.37 bits per heavy atom.